The van der Waals surface area contributed by atoms with E-state index in [0.29, 0.717) is 5.02 Å². The van der Waals surface area contributed by atoms with Gasteiger partial charge in [0.25, 0.3) is 5.91 Å². The Morgan fingerprint density at radius 3 is 2.57 bits per heavy atom. The lowest BCUT2D eigenvalue weighted by atomic mass is 10.2. The molecule has 0 aliphatic carbocycles. The third-order valence-electron chi connectivity index (χ3n) is 2.60. The number of aliphatic hydroxyl groups excluding tert-OH is 1. The molecule has 21 heavy (non-hydrogen) atoms. The molecule has 0 heterocycles. The minimum atomic E-state index is -1.23. The van der Waals surface area contributed by atoms with Gasteiger partial charge in [-0.15, -0.1) is 0 Å². The Hall–Kier alpha value is -1.50. The first-order valence-corrected chi connectivity index (χ1v) is 6.86. The van der Waals surface area contributed by atoms with Gasteiger partial charge in [0.15, 0.2) is 6.10 Å². The number of ether oxygens (including phenoxy) is 1. The third kappa shape index (κ3) is 5.41. The number of halogens is 2. The van der Waals surface area contributed by atoms with Crippen LogP contribution in [0.3, 0.4) is 0 Å². The molecule has 0 bridgehead atoms. The quantitative estimate of drug-likeness (QED) is 0.705. The van der Waals surface area contributed by atoms with Crippen LogP contribution in [0.4, 0.5) is 0 Å². The van der Waals surface area contributed by atoms with Gasteiger partial charge in [0.1, 0.15) is 11.8 Å². The zero-order valence-corrected chi connectivity index (χ0v) is 12.7. The summed E-state index contributed by atoms with van der Waals surface area (Å²) >= 11 is 11.7. The van der Waals surface area contributed by atoms with Gasteiger partial charge in [-0.2, -0.15) is 0 Å². The van der Waals surface area contributed by atoms with Gasteiger partial charge >= 0.3 is 5.97 Å². The van der Waals surface area contributed by atoms with E-state index in [-0.39, 0.29) is 23.8 Å². The smallest absolute Gasteiger partial charge is 0.326 e. The van der Waals surface area contributed by atoms with Crippen molar-refractivity contribution in [3.05, 3.63) is 28.2 Å². The maximum atomic E-state index is 11.9. The van der Waals surface area contributed by atoms with Crippen LogP contribution in [0.1, 0.15) is 13.3 Å². The Morgan fingerprint density at radius 1 is 1.38 bits per heavy atom. The molecule has 6 nitrogen and oxygen atoms in total. The number of carboxylic acids is 1. The highest BCUT2D eigenvalue weighted by molar-refractivity contribution is 6.35. The third-order valence-corrected chi connectivity index (χ3v) is 3.13. The summed E-state index contributed by atoms with van der Waals surface area (Å²) in [6.07, 6.45) is -1.04. The number of hydrogen-bond donors (Lipinski definition) is 3. The fourth-order valence-electron chi connectivity index (χ4n) is 1.49. The van der Waals surface area contributed by atoms with Crippen molar-refractivity contribution in [1.29, 1.82) is 0 Å². The van der Waals surface area contributed by atoms with Crippen LogP contribution in [-0.2, 0) is 9.59 Å². The molecule has 0 spiro atoms. The zero-order chi connectivity index (χ0) is 16.0. The Bertz CT molecular complexity index is 523. The number of aliphatic hydroxyl groups is 1. The fraction of sp³-hybridized carbons (Fsp3) is 0.385. The summed E-state index contributed by atoms with van der Waals surface area (Å²) in [5.41, 5.74) is 0. The second-order valence-corrected chi connectivity index (χ2v) is 5.09. The second kappa shape index (κ2) is 8.07. The highest BCUT2D eigenvalue weighted by Gasteiger charge is 2.23. The lowest BCUT2D eigenvalue weighted by Crippen LogP contribution is -2.46. The predicted octanol–water partition coefficient (Wildman–Crippen LogP) is 1.71. The van der Waals surface area contributed by atoms with Crippen LogP contribution in [0.5, 0.6) is 5.75 Å². The zero-order valence-electron chi connectivity index (χ0n) is 11.2. The lowest BCUT2D eigenvalue weighted by molar-refractivity contribution is -0.143. The molecule has 3 N–H and O–H groups in total. The molecule has 0 saturated carbocycles. The van der Waals surface area contributed by atoms with Crippen LogP contribution in [0.15, 0.2) is 18.2 Å². The molecule has 0 fully saturated rings. The number of carboxylic acid groups (broad SMARTS) is 1. The predicted molar refractivity (Wildman–Crippen MR) is 77.8 cm³/mol. The number of nitrogens with one attached hydrogen (secondary N) is 1. The van der Waals surface area contributed by atoms with Crippen LogP contribution in [0.25, 0.3) is 0 Å². The largest absolute Gasteiger partial charge is 0.480 e. The summed E-state index contributed by atoms with van der Waals surface area (Å²) in [6.45, 7) is 1.10. The SMILES string of the molecule is CC(Oc1ccc(Cl)cc1Cl)C(=O)N[C@@H](CCO)C(=O)O. The van der Waals surface area contributed by atoms with Gasteiger partial charge in [-0.05, 0) is 25.1 Å². The molecular formula is C13H15Cl2NO5. The average Bonchev–Trinajstić information content (AvgIpc) is 2.41. The van der Waals surface area contributed by atoms with E-state index in [4.69, 9.17) is 38.2 Å². The van der Waals surface area contributed by atoms with Crippen molar-refractivity contribution in [2.24, 2.45) is 0 Å². The summed E-state index contributed by atoms with van der Waals surface area (Å²) in [6, 6.07) is 3.36. The molecule has 0 aromatic heterocycles. The topological polar surface area (TPSA) is 95.9 Å². The second-order valence-electron chi connectivity index (χ2n) is 4.25. The Kier molecular flexibility index (Phi) is 6.74. The molecule has 0 aliphatic heterocycles. The number of amides is 1. The standard InChI is InChI=1S/C13H15Cl2NO5/c1-7(12(18)16-10(4-5-17)13(19)20)21-11-3-2-8(14)6-9(11)15/h2-3,6-7,10,17H,4-5H2,1H3,(H,16,18)(H,19,20)/t7?,10-/m0/s1. The number of aliphatic carboxylic acids is 1. The summed E-state index contributed by atoms with van der Waals surface area (Å²) < 4.78 is 5.36. The number of benzene rings is 1. The summed E-state index contributed by atoms with van der Waals surface area (Å²) in [4.78, 5) is 22.8. The molecule has 1 unspecified atom stereocenters. The molecule has 1 rings (SSSR count). The lowest BCUT2D eigenvalue weighted by Gasteiger charge is -2.18. The molecule has 0 aliphatic rings. The van der Waals surface area contributed by atoms with E-state index >= 15 is 0 Å². The first-order chi connectivity index (χ1) is 9.85. The normalized spacial score (nSPS) is 13.3. The summed E-state index contributed by atoms with van der Waals surface area (Å²) in [7, 11) is 0. The van der Waals surface area contributed by atoms with Gasteiger partial charge in [-0.3, -0.25) is 4.79 Å². The number of hydrogen-bond acceptors (Lipinski definition) is 4. The first-order valence-electron chi connectivity index (χ1n) is 6.11. The monoisotopic (exact) mass is 335 g/mol. The van der Waals surface area contributed by atoms with E-state index in [1.165, 1.54) is 19.1 Å². The minimum Gasteiger partial charge on any atom is -0.480 e. The van der Waals surface area contributed by atoms with Crippen LogP contribution in [0.2, 0.25) is 10.0 Å². The molecule has 0 radical (unpaired) electrons. The van der Waals surface area contributed by atoms with E-state index < -0.39 is 24.0 Å². The number of carbonyl (C=O) groups excluding carboxylic acids is 1. The Labute approximate surface area is 131 Å². The molecule has 116 valence electrons. The van der Waals surface area contributed by atoms with Crippen LogP contribution < -0.4 is 10.1 Å². The van der Waals surface area contributed by atoms with E-state index in [1.807, 2.05) is 0 Å². The number of rotatable bonds is 7. The van der Waals surface area contributed by atoms with E-state index in [9.17, 15) is 9.59 Å². The molecule has 0 saturated heterocycles. The fourth-order valence-corrected chi connectivity index (χ4v) is 1.94. The van der Waals surface area contributed by atoms with Gasteiger partial charge in [0.05, 0.1) is 5.02 Å². The molecule has 1 amide bonds. The summed E-state index contributed by atoms with van der Waals surface area (Å²) in [5, 5.41) is 20.6. The highest BCUT2D eigenvalue weighted by Crippen LogP contribution is 2.28. The van der Waals surface area contributed by atoms with Crippen LogP contribution >= 0.6 is 23.2 Å². The first kappa shape index (κ1) is 17.6. The van der Waals surface area contributed by atoms with Crippen molar-refractivity contribution in [3.63, 3.8) is 0 Å². The highest BCUT2D eigenvalue weighted by atomic mass is 35.5. The Morgan fingerprint density at radius 2 is 2.05 bits per heavy atom. The maximum absolute atomic E-state index is 11.9. The van der Waals surface area contributed by atoms with Crippen molar-refractivity contribution in [1.82, 2.24) is 5.32 Å². The van der Waals surface area contributed by atoms with Crippen LogP contribution in [-0.4, -0.2) is 40.8 Å². The summed E-state index contributed by atoms with van der Waals surface area (Å²) in [5.74, 6) is -1.59. The van der Waals surface area contributed by atoms with Crippen molar-refractivity contribution >= 4 is 35.1 Å². The van der Waals surface area contributed by atoms with E-state index in [0.717, 1.165) is 0 Å². The van der Waals surface area contributed by atoms with E-state index in [1.54, 1.807) is 6.07 Å². The van der Waals surface area contributed by atoms with Gasteiger partial charge in [0, 0.05) is 18.1 Å². The molecule has 2 atom stereocenters. The average molecular weight is 336 g/mol. The molecule has 8 heteroatoms. The van der Waals surface area contributed by atoms with Gasteiger partial charge in [-0.1, -0.05) is 23.2 Å². The van der Waals surface area contributed by atoms with E-state index in [2.05, 4.69) is 5.32 Å². The van der Waals surface area contributed by atoms with Gasteiger partial charge in [0.2, 0.25) is 0 Å². The van der Waals surface area contributed by atoms with Gasteiger partial charge in [-0.25, -0.2) is 4.79 Å². The van der Waals surface area contributed by atoms with Crippen molar-refractivity contribution < 1.29 is 24.5 Å². The Balaban J connectivity index is 2.67. The molecule has 1 aromatic rings. The molecule has 1 aromatic carbocycles. The number of carbonyl (C=O) groups is 2. The van der Waals surface area contributed by atoms with Crippen LogP contribution in [0, 0.1) is 0 Å². The minimum absolute atomic E-state index is 0.0878. The maximum Gasteiger partial charge on any atom is 0.326 e. The van der Waals surface area contributed by atoms with Gasteiger partial charge < -0.3 is 20.3 Å². The van der Waals surface area contributed by atoms with Crippen molar-refractivity contribution in [2.75, 3.05) is 6.61 Å². The van der Waals surface area contributed by atoms with Crippen molar-refractivity contribution in [2.45, 2.75) is 25.5 Å². The molecular weight excluding hydrogens is 321 g/mol. The van der Waals surface area contributed by atoms with Crippen molar-refractivity contribution in [3.8, 4) is 5.75 Å².